The molecule has 0 fully saturated rings. The molecular formula is C85H128O17P2. The first-order valence-electron chi connectivity index (χ1n) is 37.6. The van der Waals surface area contributed by atoms with Gasteiger partial charge in [-0.15, -0.1) is 0 Å². The van der Waals surface area contributed by atoms with Crippen LogP contribution in [0.25, 0.3) is 0 Å². The van der Waals surface area contributed by atoms with Gasteiger partial charge in [0, 0.05) is 12.8 Å². The van der Waals surface area contributed by atoms with Gasteiger partial charge in [-0.25, -0.2) is 9.13 Å². The molecule has 580 valence electrons. The van der Waals surface area contributed by atoms with Gasteiger partial charge < -0.3 is 33.8 Å². The topological polar surface area (TPSA) is 237 Å². The Morgan fingerprint density at radius 1 is 0.279 bits per heavy atom. The fourth-order valence-electron chi connectivity index (χ4n) is 8.64. The molecule has 0 saturated heterocycles. The van der Waals surface area contributed by atoms with E-state index in [1.54, 1.807) is 18.2 Å². The Kier molecular flexibility index (Phi) is 69.5. The molecule has 0 heterocycles. The average Bonchev–Trinajstić information content (AvgIpc) is 0.918. The van der Waals surface area contributed by atoms with Gasteiger partial charge in [-0.1, -0.05) is 278 Å². The zero-order valence-corrected chi connectivity index (χ0v) is 64.9. The molecule has 19 heteroatoms. The fourth-order valence-corrected chi connectivity index (χ4v) is 10.2. The third-order valence-electron chi connectivity index (χ3n) is 14.2. The first-order chi connectivity index (χ1) is 50.7. The predicted molar refractivity (Wildman–Crippen MR) is 426 cm³/mol. The summed E-state index contributed by atoms with van der Waals surface area (Å²) in [7, 11) is -10.1. The van der Waals surface area contributed by atoms with Crippen LogP contribution in [0, 0.1) is 0 Å². The molecule has 0 aliphatic rings. The van der Waals surface area contributed by atoms with Crippen LogP contribution in [0.15, 0.2) is 231 Å². The Hall–Kier alpha value is -6.88. The van der Waals surface area contributed by atoms with E-state index in [0.717, 1.165) is 135 Å². The molecule has 5 atom stereocenters. The zero-order chi connectivity index (χ0) is 76.0. The molecule has 0 aromatic carbocycles. The molecule has 0 aliphatic carbocycles. The van der Waals surface area contributed by atoms with Crippen LogP contribution in [-0.2, 0) is 65.4 Å². The summed E-state index contributed by atoms with van der Waals surface area (Å²) in [6.07, 6.45) is 95.5. The molecule has 5 unspecified atom stereocenters. The SMILES string of the molecule is CC/C=C\C/C=C\C/C=C\C/C=C\C/C=C\C/C=C\CCC(=O)OCC(COP(=O)(O)OCC(O)COP(=O)(O)OCC(COC(=O)C/C=C\C/C=C\C/C=C\C/C=C\C/C=C\CC)OC(=O)CCCCCCC/C=C\C/C=C\C/C=C\CC)OC(=O)C/C=C\C/C=C\C/C=C\C/C=C\C/C=C\CC. The highest BCUT2D eigenvalue weighted by molar-refractivity contribution is 7.47. The van der Waals surface area contributed by atoms with Crippen molar-refractivity contribution in [3.63, 3.8) is 0 Å². The Morgan fingerprint density at radius 2 is 0.538 bits per heavy atom. The third-order valence-corrected chi connectivity index (χ3v) is 16.1. The van der Waals surface area contributed by atoms with E-state index in [1.807, 2.05) is 48.6 Å². The highest BCUT2D eigenvalue weighted by atomic mass is 31.2. The van der Waals surface area contributed by atoms with E-state index in [1.165, 1.54) is 0 Å². The van der Waals surface area contributed by atoms with Crippen LogP contribution in [0.4, 0.5) is 0 Å². The lowest BCUT2D eigenvalue weighted by molar-refractivity contribution is -0.160. The molecular weight excluding hydrogens is 1350 g/mol. The minimum atomic E-state index is -5.04. The standard InChI is InChI=1S/C85H128O17P2/c1-5-9-13-17-21-25-29-33-37-38-39-40-44-46-50-54-58-62-66-70-83(88)96-76-81(102-85(90)72-68-64-60-56-52-48-43-36-32-28-24-20-16-12-8-4)78-100-104(93,94)98-74-79(86)73-97-103(91,92)99-77-80(101-84(89)71-67-63-59-55-51-47-42-35-31-27-23-19-15-11-7-3)75-95-82(87)69-65-61-57-53-49-45-41-34-30-26-22-18-14-10-6-2/h9-16,21-28,33-37,39-43,46,49-50,52-53,56,58,61-62,64-65,68,79-81,86H,5-8,17-20,29-32,38,44-45,47-48,51,54-55,57,59-60,63,66-67,69-78H2,1-4H3,(H,91,92)(H,93,94)/b13-9-,14-10-,15-11-,16-12-,25-21-,26-22-,27-23-,28-24-,37-33-,40-39-,41-34-,42-35-,43-36-,50-46-,53-49-,56-52-,62-58-,65-61-,68-64-. The van der Waals surface area contributed by atoms with Crippen molar-refractivity contribution < 1.29 is 80.2 Å². The fraction of sp³-hybridized carbons (Fsp3) is 0.506. The van der Waals surface area contributed by atoms with Gasteiger partial charge in [0.05, 0.1) is 39.3 Å². The summed E-state index contributed by atoms with van der Waals surface area (Å²) in [5, 5.41) is 10.6. The largest absolute Gasteiger partial charge is 0.472 e. The molecule has 0 saturated carbocycles. The molecule has 0 spiro atoms. The third kappa shape index (κ3) is 73.4. The van der Waals surface area contributed by atoms with Crippen molar-refractivity contribution in [1.82, 2.24) is 0 Å². The second-order valence-electron chi connectivity index (χ2n) is 23.7. The van der Waals surface area contributed by atoms with Crippen molar-refractivity contribution >= 4 is 39.5 Å². The van der Waals surface area contributed by atoms with Crippen molar-refractivity contribution in [1.29, 1.82) is 0 Å². The summed E-state index contributed by atoms with van der Waals surface area (Å²) in [5.74, 6) is -2.63. The Morgan fingerprint density at radius 3 is 0.885 bits per heavy atom. The Bertz CT molecular complexity index is 2890. The number of phosphoric ester groups is 2. The number of phosphoric acid groups is 2. The number of aliphatic hydroxyl groups is 1. The lowest BCUT2D eigenvalue weighted by Gasteiger charge is -2.21. The van der Waals surface area contributed by atoms with Crippen molar-refractivity contribution in [3.05, 3.63) is 231 Å². The van der Waals surface area contributed by atoms with Crippen LogP contribution in [0.1, 0.15) is 220 Å². The second-order valence-corrected chi connectivity index (χ2v) is 26.6. The van der Waals surface area contributed by atoms with Crippen LogP contribution in [0.3, 0.4) is 0 Å². The van der Waals surface area contributed by atoms with Gasteiger partial charge in [-0.05, 0) is 148 Å². The minimum absolute atomic E-state index is 0.00380. The summed E-state index contributed by atoms with van der Waals surface area (Å²) in [6.45, 7) is 4.01. The molecule has 0 aromatic heterocycles. The van der Waals surface area contributed by atoms with Gasteiger partial charge in [-0.2, -0.15) is 0 Å². The number of rotatable bonds is 67. The van der Waals surface area contributed by atoms with E-state index in [-0.39, 0.29) is 25.7 Å². The van der Waals surface area contributed by atoms with Gasteiger partial charge in [-0.3, -0.25) is 37.3 Å². The predicted octanol–water partition coefficient (Wildman–Crippen LogP) is 21.9. The molecule has 104 heavy (non-hydrogen) atoms. The second kappa shape index (κ2) is 74.4. The summed E-state index contributed by atoms with van der Waals surface area (Å²) in [4.78, 5) is 72.7. The summed E-state index contributed by atoms with van der Waals surface area (Å²) in [5.41, 5.74) is 0. The summed E-state index contributed by atoms with van der Waals surface area (Å²) < 4.78 is 68.1. The number of esters is 4. The minimum Gasteiger partial charge on any atom is -0.462 e. The maximum atomic E-state index is 13.1. The molecule has 0 aliphatic heterocycles. The molecule has 0 rings (SSSR count). The van der Waals surface area contributed by atoms with Crippen LogP contribution >= 0.6 is 15.6 Å². The maximum Gasteiger partial charge on any atom is 0.472 e. The van der Waals surface area contributed by atoms with E-state index in [0.29, 0.717) is 32.1 Å². The van der Waals surface area contributed by atoms with Gasteiger partial charge in [0.15, 0.2) is 12.2 Å². The summed E-state index contributed by atoms with van der Waals surface area (Å²) >= 11 is 0. The van der Waals surface area contributed by atoms with Crippen molar-refractivity contribution in [2.75, 3.05) is 39.6 Å². The molecule has 0 amide bonds. The molecule has 3 N–H and O–H groups in total. The van der Waals surface area contributed by atoms with Crippen molar-refractivity contribution in [2.45, 2.75) is 239 Å². The average molecular weight is 1480 g/mol. The number of ether oxygens (including phenoxy) is 4. The number of carbonyl (C=O) groups is 4. The van der Waals surface area contributed by atoms with Crippen LogP contribution < -0.4 is 0 Å². The normalized spacial score (nSPS) is 15.2. The molecule has 0 radical (unpaired) electrons. The molecule has 17 nitrogen and oxygen atoms in total. The lowest BCUT2D eigenvalue weighted by atomic mass is 10.1. The van der Waals surface area contributed by atoms with E-state index >= 15 is 0 Å². The monoisotopic (exact) mass is 1480 g/mol. The first kappa shape index (κ1) is 97.1. The quantitative estimate of drug-likeness (QED) is 0.0169. The molecule has 0 aromatic rings. The van der Waals surface area contributed by atoms with Gasteiger partial charge >= 0.3 is 39.5 Å². The summed E-state index contributed by atoms with van der Waals surface area (Å²) in [6, 6.07) is 0. The van der Waals surface area contributed by atoms with Crippen molar-refractivity contribution in [2.24, 2.45) is 0 Å². The number of hydrogen-bond acceptors (Lipinski definition) is 15. The number of hydrogen-bond donors (Lipinski definition) is 3. The molecule has 0 bridgehead atoms. The van der Waals surface area contributed by atoms with Gasteiger partial charge in [0.2, 0.25) is 0 Å². The van der Waals surface area contributed by atoms with Gasteiger partial charge in [0.1, 0.15) is 19.3 Å². The number of aliphatic hydroxyl groups excluding tert-OH is 1. The Labute approximate surface area is 625 Å². The van der Waals surface area contributed by atoms with E-state index in [2.05, 4.69) is 192 Å². The lowest BCUT2D eigenvalue weighted by Crippen LogP contribution is -2.30. The number of unbranched alkanes of at least 4 members (excludes halogenated alkanes) is 5. The zero-order valence-electron chi connectivity index (χ0n) is 63.1. The van der Waals surface area contributed by atoms with Gasteiger partial charge in [0.25, 0.3) is 0 Å². The Balaban J connectivity index is 5.61. The van der Waals surface area contributed by atoms with Crippen LogP contribution in [0.2, 0.25) is 0 Å². The van der Waals surface area contributed by atoms with E-state index in [9.17, 15) is 43.2 Å². The first-order valence-corrected chi connectivity index (χ1v) is 40.6. The highest BCUT2D eigenvalue weighted by Crippen LogP contribution is 2.45. The number of allylic oxidation sites excluding steroid dienone is 36. The highest BCUT2D eigenvalue weighted by Gasteiger charge is 2.30. The smallest absolute Gasteiger partial charge is 0.462 e. The maximum absolute atomic E-state index is 13.1. The van der Waals surface area contributed by atoms with Crippen LogP contribution in [-0.4, -0.2) is 96.7 Å². The van der Waals surface area contributed by atoms with Crippen LogP contribution in [0.5, 0.6) is 0 Å². The van der Waals surface area contributed by atoms with E-state index in [4.69, 9.17) is 37.0 Å². The van der Waals surface area contributed by atoms with E-state index < -0.39 is 97.5 Å². The van der Waals surface area contributed by atoms with Crippen molar-refractivity contribution in [3.8, 4) is 0 Å². The number of carbonyl (C=O) groups excluding carboxylic acids is 4.